The van der Waals surface area contributed by atoms with Crippen LogP contribution < -0.4 is 16.4 Å². The Morgan fingerprint density at radius 3 is 2.44 bits per heavy atom. The fourth-order valence-corrected chi connectivity index (χ4v) is 3.01. The summed E-state index contributed by atoms with van der Waals surface area (Å²) in [6.07, 6.45) is 1.49. The third-order valence-electron chi connectivity index (χ3n) is 4.30. The summed E-state index contributed by atoms with van der Waals surface area (Å²) in [6.45, 7) is 0.589. The van der Waals surface area contributed by atoms with Crippen LogP contribution in [0.25, 0.3) is 10.8 Å². The van der Waals surface area contributed by atoms with E-state index >= 15 is 0 Å². The Balaban J connectivity index is 1.57. The van der Waals surface area contributed by atoms with Crippen LogP contribution in [0.1, 0.15) is 5.56 Å². The molecule has 0 radical (unpaired) electrons. The Hall–Kier alpha value is -3.31. The molecule has 0 aliphatic heterocycles. The minimum Gasteiger partial charge on any atom is -0.393 e. The van der Waals surface area contributed by atoms with Crippen molar-refractivity contribution in [2.75, 3.05) is 16.4 Å². The molecule has 27 heavy (non-hydrogen) atoms. The number of halogens is 1. The lowest BCUT2D eigenvalue weighted by molar-refractivity contribution is 1.09. The molecule has 0 aliphatic rings. The second-order valence-corrected chi connectivity index (χ2v) is 6.55. The molecule has 0 amide bonds. The van der Waals surface area contributed by atoms with Gasteiger partial charge in [0.2, 0.25) is 0 Å². The van der Waals surface area contributed by atoms with Gasteiger partial charge in [-0.2, -0.15) is 0 Å². The van der Waals surface area contributed by atoms with E-state index in [4.69, 9.17) is 17.3 Å². The van der Waals surface area contributed by atoms with Crippen molar-refractivity contribution >= 4 is 45.4 Å². The largest absolute Gasteiger partial charge is 0.393 e. The Kier molecular flexibility index (Phi) is 4.77. The summed E-state index contributed by atoms with van der Waals surface area (Å²) in [4.78, 5) is 8.57. The van der Waals surface area contributed by atoms with Crippen LogP contribution in [0.3, 0.4) is 0 Å². The quantitative estimate of drug-likeness (QED) is 0.445. The van der Waals surface area contributed by atoms with Crippen LogP contribution in [0.2, 0.25) is 5.02 Å². The Bertz CT molecular complexity index is 1070. The molecule has 0 atom stereocenters. The number of nitrogens with zero attached hydrogens (tertiary/aromatic N) is 2. The zero-order chi connectivity index (χ0) is 18.6. The first kappa shape index (κ1) is 17.1. The molecule has 0 saturated carbocycles. The molecule has 1 heterocycles. The first-order valence-corrected chi connectivity index (χ1v) is 8.92. The number of anilines is 4. The van der Waals surface area contributed by atoms with Gasteiger partial charge in [0.05, 0.1) is 0 Å². The SMILES string of the molecule is Nc1c(NCc2ccc(Cl)cc2)ncnc1Nc1cccc2ccccc12. The minimum absolute atomic E-state index is 0.472. The van der Waals surface area contributed by atoms with Crippen LogP contribution in [0.15, 0.2) is 73.1 Å². The number of hydrogen-bond acceptors (Lipinski definition) is 5. The Labute approximate surface area is 162 Å². The highest BCUT2D eigenvalue weighted by atomic mass is 35.5. The molecule has 0 saturated heterocycles. The number of nitrogen functional groups attached to an aromatic ring is 1. The van der Waals surface area contributed by atoms with Gasteiger partial charge in [-0.3, -0.25) is 0 Å². The van der Waals surface area contributed by atoms with Crippen molar-refractivity contribution in [1.82, 2.24) is 9.97 Å². The standard InChI is InChI=1S/C21H18ClN5/c22-16-10-8-14(9-11-16)12-24-20-19(23)21(26-13-25-20)27-18-7-3-5-15-4-1-2-6-17(15)18/h1-11,13H,12,23H2,(H2,24,25,26,27). The van der Waals surface area contributed by atoms with Crippen LogP contribution in [0.4, 0.5) is 23.0 Å². The third-order valence-corrected chi connectivity index (χ3v) is 4.55. The fraction of sp³-hybridized carbons (Fsp3) is 0.0476. The van der Waals surface area contributed by atoms with Crippen LogP contribution in [0, 0.1) is 0 Å². The summed E-state index contributed by atoms with van der Waals surface area (Å²) >= 11 is 5.92. The van der Waals surface area contributed by atoms with Gasteiger partial charge in [0.1, 0.15) is 12.0 Å². The first-order valence-electron chi connectivity index (χ1n) is 8.54. The molecule has 3 aromatic carbocycles. The zero-order valence-corrected chi connectivity index (χ0v) is 15.2. The molecule has 0 bridgehead atoms. The highest BCUT2D eigenvalue weighted by Crippen LogP contribution is 2.30. The van der Waals surface area contributed by atoms with Crippen molar-refractivity contribution in [3.8, 4) is 0 Å². The highest BCUT2D eigenvalue weighted by Gasteiger charge is 2.10. The molecule has 5 nitrogen and oxygen atoms in total. The van der Waals surface area contributed by atoms with Gasteiger partial charge in [0.15, 0.2) is 11.6 Å². The normalized spacial score (nSPS) is 10.7. The van der Waals surface area contributed by atoms with Crippen LogP contribution >= 0.6 is 11.6 Å². The summed E-state index contributed by atoms with van der Waals surface area (Å²) in [5, 5.41) is 9.55. The van der Waals surface area contributed by atoms with Crippen LogP contribution in [-0.2, 0) is 6.54 Å². The maximum Gasteiger partial charge on any atom is 0.159 e. The molecule has 0 unspecified atom stereocenters. The Morgan fingerprint density at radius 2 is 1.59 bits per heavy atom. The van der Waals surface area contributed by atoms with E-state index in [0.717, 1.165) is 22.0 Å². The topological polar surface area (TPSA) is 75.9 Å². The van der Waals surface area contributed by atoms with Crippen molar-refractivity contribution in [2.24, 2.45) is 0 Å². The lowest BCUT2D eigenvalue weighted by Crippen LogP contribution is -2.08. The van der Waals surface area contributed by atoms with Crippen molar-refractivity contribution in [1.29, 1.82) is 0 Å². The lowest BCUT2D eigenvalue weighted by atomic mass is 10.1. The number of hydrogen-bond donors (Lipinski definition) is 3. The maximum absolute atomic E-state index is 6.29. The number of fused-ring (bicyclic) bond motifs is 1. The number of nitrogens with one attached hydrogen (secondary N) is 2. The van der Waals surface area contributed by atoms with Gasteiger partial charge in [0.25, 0.3) is 0 Å². The van der Waals surface area contributed by atoms with E-state index in [-0.39, 0.29) is 0 Å². The van der Waals surface area contributed by atoms with Gasteiger partial charge in [-0.1, -0.05) is 60.1 Å². The first-order chi connectivity index (χ1) is 13.2. The van der Waals surface area contributed by atoms with Crippen molar-refractivity contribution in [2.45, 2.75) is 6.54 Å². The van der Waals surface area contributed by atoms with E-state index in [0.29, 0.717) is 28.9 Å². The summed E-state index contributed by atoms with van der Waals surface area (Å²) in [5.41, 5.74) is 8.79. The van der Waals surface area contributed by atoms with Crippen molar-refractivity contribution in [3.63, 3.8) is 0 Å². The van der Waals surface area contributed by atoms with Gasteiger partial charge in [-0.25, -0.2) is 9.97 Å². The summed E-state index contributed by atoms with van der Waals surface area (Å²) in [7, 11) is 0. The second kappa shape index (κ2) is 7.51. The van der Waals surface area contributed by atoms with Gasteiger partial charge in [-0.05, 0) is 29.1 Å². The molecular formula is C21H18ClN5. The number of nitrogens with two attached hydrogens (primary N) is 1. The van der Waals surface area contributed by atoms with Gasteiger partial charge < -0.3 is 16.4 Å². The van der Waals surface area contributed by atoms with Crippen LogP contribution in [0.5, 0.6) is 0 Å². The number of benzene rings is 3. The average molecular weight is 376 g/mol. The van der Waals surface area contributed by atoms with Crippen LogP contribution in [-0.4, -0.2) is 9.97 Å². The zero-order valence-electron chi connectivity index (χ0n) is 14.5. The smallest absolute Gasteiger partial charge is 0.159 e. The second-order valence-electron chi connectivity index (χ2n) is 6.12. The van der Waals surface area contributed by atoms with Gasteiger partial charge in [0, 0.05) is 22.6 Å². The summed E-state index contributed by atoms with van der Waals surface area (Å²) in [5.74, 6) is 1.16. The lowest BCUT2D eigenvalue weighted by Gasteiger charge is -2.14. The predicted octanol–water partition coefficient (Wildman–Crippen LogP) is 5.22. The van der Waals surface area contributed by atoms with E-state index in [9.17, 15) is 0 Å². The molecule has 4 rings (SSSR count). The summed E-state index contributed by atoms with van der Waals surface area (Å²) in [6, 6.07) is 21.9. The van der Waals surface area contributed by atoms with E-state index in [2.05, 4.69) is 38.8 Å². The van der Waals surface area contributed by atoms with E-state index < -0.39 is 0 Å². The Morgan fingerprint density at radius 1 is 0.852 bits per heavy atom. The molecule has 0 spiro atoms. The highest BCUT2D eigenvalue weighted by molar-refractivity contribution is 6.30. The molecular weight excluding hydrogens is 358 g/mol. The maximum atomic E-state index is 6.29. The van der Waals surface area contributed by atoms with Crippen molar-refractivity contribution in [3.05, 3.63) is 83.6 Å². The molecule has 134 valence electrons. The molecule has 0 aliphatic carbocycles. The fourth-order valence-electron chi connectivity index (χ4n) is 2.89. The third kappa shape index (κ3) is 3.78. The summed E-state index contributed by atoms with van der Waals surface area (Å²) < 4.78 is 0. The van der Waals surface area contributed by atoms with E-state index in [1.165, 1.54) is 6.33 Å². The predicted molar refractivity (Wildman–Crippen MR) is 112 cm³/mol. The average Bonchev–Trinajstić information content (AvgIpc) is 2.70. The molecule has 4 aromatic rings. The molecule has 0 fully saturated rings. The van der Waals surface area contributed by atoms with Gasteiger partial charge in [-0.15, -0.1) is 0 Å². The molecule has 1 aromatic heterocycles. The number of rotatable bonds is 5. The van der Waals surface area contributed by atoms with E-state index in [1.54, 1.807) is 0 Å². The van der Waals surface area contributed by atoms with Gasteiger partial charge >= 0.3 is 0 Å². The number of aromatic nitrogens is 2. The minimum atomic E-state index is 0.472. The molecule has 6 heteroatoms. The van der Waals surface area contributed by atoms with Crippen molar-refractivity contribution < 1.29 is 0 Å². The molecule has 4 N–H and O–H groups in total. The van der Waals surface area contributed by atoms with E-state index in [1.807, 2.05) is 48.5 Å². The monoisotopic (exact) mass is 375 g/mol.